The fraction of sp³-hybridized carbons (Fsp3) is 0.500. The first-order valence-electron chi connectivity index (χ1n) is 12.1. The molecule has 3 aromatic rings. The molecule has 1 saturated carbocycles. The molecule has 2 atom stereocenters. The average molecular weight is 522 g/mol. The molecule has 0 radical (unpaired) electrons. The number of pyridine rings is 1. The van der Waals surface area contributed by atoms with Crippen molar-refractivity contribution in [3.05, 3.63) is 47.9 Å². The van der Waals surface area contributed by atoms with Gasteiger partial charge in [0.15, 0.2) is 5.82 Å². The molecule has 1 aliphatic heterocycles. The number of rotatable bonds is 8. The average Bonchev–Trinajstić information content (AvgIpc) is 3.63. The van der Waals surface area contributed by atoms with E-state index in [4.69, 9.17) is 5.73 Å². The molecule has 2 unspecified atom stereocenters. The number of alkyl halides is 3. The van der Waals surface area contributed by atoms with Crippen LogP contribution < -0.4 is 10.6 Å². The standard InChI is InChI=1S/C24H27F4N7O2/c25-17-10-34(9-15-5-6-33(11-18(15)36)12-20(29)37)22-21(17)23(32-13-31-22)35(16-2-3-16)8-14-1-4-19(30-7-14)24(26,27)28/h1,4,7,10,13,15-16,18,36H,2-3,5-6,8-9,11-12H2,(H2,29,37). The normalized spacial score (nSPS) is 20.9. The van der Waals surface area contributed by atoms with E-state index >= 15 is 4.39 Å². The van der Waals surface area contributed by atoms with Gasteiger partial charge in [0.2, 0.25) is 5.91 Å². The highest BCUT2D eigenvalue weighted by Crippen LogP contribution is 2.37. The van der Waals surface area contributed by atoms with Gasteiger partial charge in [0.1, 0.15) is 23.5 Å². The molecule has 2 fully saturated rings. The van der Waals surface area contributed by atoms with E-state index in [2.05, 4.69) is 15.0 Å². The highest BCUT2D eigenvalue weighted by Gasteiger charge is 2.35. The lowest BCUT2D eigenvalue weighted by molar-refractivity contribution is -0.141. The van der Waals surface area contributed by atoms with Gasteiger partial charge in [-0.25, -0.2) is 14.4 Å². The lowest BCUT2D eigenvalue weighted by atomic mass is 9.93. The monoisotopic (exact) mass is 521 g/mol. The number of hydrogen-bond donors (Lipinski definition) is 2. The number of hydrogen-bond acceptors (Lipinski definition) is 7. The SMILES string of the molecule is NC(=O)CN1CCC(Cn2cc(F)c3c(N(Cc4ccc(C(F)(F)F)nc4)C4CC4)ncnc32)C(O)C1. The number of aromatic nitrogens is 4. The maximum atomic E-state index is 15.3. The summed E-state index contributed by atoms with van der Waals surface area (Å²) in [7, 11) is 0. The number of β-amino-alcohol motifs (C(OH)–C–C–N with tert-alkyl or cyclic N) is 1. The number of aliphatic hydroxyl groups excluding tert-OH is 1. The summed E-state index contributed by atoms with van der Waals surface area (Å²) < 4.78 is 55.7. The molecule has 0 bridgehead atoms. The van der Waals surface area contributed by atoms with Crippen LogP contribution in [0.1, 0.15) is 30.5 Å². The molecule has 1 saturated heterocycles. The smallest absolute Gasteiger partial charge is 0.391 e. The Bertz CT molecular complexity index is 1280. The Morgan fingerprint density at radius 2 is 1.97 bits per heavy atom. The third kappa shape index (κ3) is 5.52. The lowest BCUT2D eigenvalue weighted by Crippen LogP contribution is -2.47. The van der Waals surface area contributed by atoms with E-state index in [1.165, 1.54) is 24.8 Å². The number of likely N-dealkylation sites (tertiary alicyclic amines) is 1. The van der Waals surface area contributed by atoms with Crippen molar-refractivity contribution < 1.29 is 27.5 Å². The number of fused-ring (bicyclic) bond motifs is 1. The van der Waals surface area contributed by atoms with Crippen LogP contribution >= 0.6 is 0 Å². The summed E-state index contributed by atoms with van der Waals surface area (Å²) in [6.07, 6.45) is 0.954. The fourth-order valence-corrected chi connectivity index (χ4v) is 4.94. The van der Waals surface area contributed by atoms with E-state index in [-0.39, 0.29) is 30.4 Å². The molecule has 13 heteroatoms. The van der Waals surface area contributed by atoms with Crippen LogP contribution in [0, 0.1) is 11.7 Å². The predicted octanol–water partition coefficient (Wildman–Crippen LogP) is 2.32. The van der Waals surface area contributed by atoms with E-state index in [0.29, 0.717) is 43.1 Å². The summed E-state index contributed by atoms with van der Waals surface area (Å²) >= 11 is 0. The zero-order valence-electron chi connectivity index (χ0n) is 19.9. The molecule has 4 heterocycles. The second kappa shape index (κ2) is 9.86. The Morgan fingerprint density at radius 3 is 2.59 bits per heavy atom. The molecule has 198 valence electrons. The van der Waals surface area contributed by atoms with E-state index in [1.54, 1.807) is 9.47 Å². The number of nitrogens with zero attached hydrogens (tertiary/aromatic N) is 6. The number of halogens is 4. The Balaban J connectivity index is 1.38. The molecule has 9 nitrogen and oxygen atoms in total. The quantitative estimate of drug-likeness (QED) is 0.438. The number of amides is 1. The topological polar surface area (TPSA) is 113 Å². The van der Waals surface area contributed by atoms with Crippen LogP contribution in [0.5, 0.6) is 0 Å². The van der Waals surface area contributed by atoms with Gasteiger partial charge in [-0.05, 0) is 37.4 Å². The number of anilines is 1. The van der Waals surface area contributed by atoms with Crippen molar-refractivity contribution in [2.45, 2.75) is 50.7 Å². The molecular formula is C24H27F4N7O2. The minimum atomic E-state index is -4.52. The number of nitrogens with two attached hydrogens (primary N) is 1. The maximum Gasteiger partial charge on any atom is 0.433 e. The van der Waals surface area contributed by atoms with E-state index in [0.717, 1.165) is 18.9 Å². The third-order valence-corrected chi connectivity index (χ3v) is 6.93. The summed E-state index contributed by atoms with van der Waals surface area (Å²) in [5.41, 5.74) is 5.22. The first-order chi connectivity index (χ1) is 17.6. The highest BCUT2D eigenvalue weighted by atomic mass is 19.4. The summed E-state index contributed by atoms with van der Waals surface area (Å²) in [6.45, 7) is 1.51. The van der Waals surface area contributed by atoms with Crippen LogP contribution in [0.3, 0.4) is 0 Å². The van der Waals surface area contributed by atoms with Crippen molar-refractivity contribution in [3.8, 4) is 0 Å². The van der Waals surface area contributed by atoms with Crippen LogP contribution in [0.15, 0.2) is 30.9 Å². The predicted molar refractivity (Wildman–Crippen MR) is 126 cm³/mol. The second-order valence-corrected chi connectivity index (χ2v) is 9.75. The number of aliphatic hydroxyl groups is 1. The lowest BCUT2D eigenvalue weighted by Gasteiger charge is -2.35. The van der Waals surface area contributed by atoms with Gasteiger partial charge in [-0.1, -0.05) is 6.07 Å². The van der Waals surface area contributed by atoms with Crippen molar-refractivity contribution in [1.29, 1.82) is 0 Å². The largest absolute Gasteiger partial charge is 0.433 e. The number of carbonyl (C=O) groups excluding carboxylic acids is 1. The Kier molecular flexibility index (Phi) is 6.75. The van der Waals surface area contributed by atoms with E-state index in [1.807, 2.05) is 4.90 Å². The van der Waals surface area contributed by atoms with Crippen molar-refractivity contribution in [3.63, 3.8) is 0 Å². The zero-order chi connectivity index (χ0) is 26.3. The minimum absolute atomic E-state index is 0.0763. The molecule has 2 aliphatic rings. The molecule has 0 aromatic carbocycles. The molecule has 37 heavy (non-hydrogen) atoms. The minimum Gasteiger partial charge on any atom is -0.391 e. The van der Waals surface area contributed by atoms with Crippen molar-refractivity contribution in [2.75, 3.05) is 24.5 Å². The van der Waals surface area contributed by atoms with Gasteiger partial charge >= 0.3 is 6.18 Å². The summed E-state index contributed by atoms with van der Waals surface area (Å²) in [5, 5.41) is 10.9. The number of primary amides is 1. The third-order valence-electron chi connectivity index (χ3n) is 6.93. The number of carbonyl (C=O) groups is 1. The van der Waals surface area contributed by atoms with Crippen molar-refractivity contribution in [1.82, 2.24) is 24.4 Å². The van der Waals surface area contributed by atoms with Gasteiger partial charge in [0.05, 0.1) is 18.0 Å². The molecular weight excluding hydrogens is 494 g/mol. The molecule has 3 aromatic heterocycles. The number of piperidine rings is 1. The summed E-state index contributed by atoms with van der Waals surface area (Å²) in [6, 6.07) is 2.39. The van der Waals surface area contributed by atoms with Crippen LogP contribution in [0.25, 0.3) is 11.0 Å². The van der Waals surface area contributed by atoms with Crippen LogP contribution in [-0.2, 0) is 24.1 Å². The first kappa shape index (κ1) is 25.3. The zero-order valence-corrected chi connectivity index (χ0v) is 19.9. The van der Waals surface area contributed by atoms with Gasteiger partial charge in [-0.15, -0.1) is 0 Å². The van der Waals surface area contributed by atoms with Crippen LogP contribution in [0.4, 0.5) is 23.4 Å². The Labute approximate surface area is 209 Å². The molecule has 1 amide bonds. The Morgan fingerprint density at radius 1 is 1.19 bits per heavy atom. The van der Waals surface area contributed by atoms with Gasteiger partial charge in [0.25, 0.3) is 0 Å². The molecule has 3 N–H and O–H groups in total. The first-order valence-corrected chi connectivity index (χ1v) is 12.1. The van der Waals surface area contributed by atoms with Gasteiger partial charge in [0, 0.05) is 44.0 Å². The van der Waals surface area contributed by atoms with Crippen molar-refractivity contribution >= 4 is 22.8 Å². The van der Waals surface area contributed by atoms with Gasteiger partial charge in [-0.3, -0.25) is 14.7 Å². The summed E-state index contributed by atoms with van der Waals surface area (Å²) in [5.74, 6) is -0.765. The second-order valence-electron chi connectivity index (χ2n) is 9.75. The van der Waals surface area contributed by atoms with E-state index < -0.39 is 29.7 Å². The van der Waals surface area contributed by atoms with Crippen LogP contribution in [0.2, 0.25) is 0 Å². The molecule has 0 spiro atoms. The van der Waals surface area contributed by atoms with Crippen molar-refractivity contribution in [2.24, 2.45) is 11.7 Å². The van der Waals surface area contributed by atoms with Gasteiger partial charge < -0.3 is 20.3 Å². The summed E-state index contributed by atoms with van der Waals surface area (Å²) in [4.78, 5) is 27.1. The molecule has 5 rings (SSSR count). The van der Waals surface area contributed by atoms with Crippen LogP contribution in [-0.4, -0.2) is 67.2 Å². The Hall–Kier alpha value is -3.32. The van der Waals surface area contributed by atoms with E-state index in [9.17, 15) is 23.1 Å². The highest BCUT2D eigenvalue weighted by molar-refractivity contribution is 5.89. The maximum absolute atomic E-state index is 15.3. The molecule has 1 aliphatic carbocycles. The van der Waals surface area contributed by atoms with Gasteiger partial charge in [-0.2, -0.15) is 13.2 Å². The fourth-order valence-electron chi connectivity index (χ4n) is 4.94.